The number of allylic oxidation sites excluding steroid dienone is 1. The van der Waals surface area contributed by atoms with Crippen molar-refractivity contribution in [3.05, 3.63) is 72.1 Å². The van der Waals surface area contributed by atoms with Crippen LogP contribution in [0.4, 0.5) is 23.7 Å². The molecule has 5 aromatic heterocycles. The summed E-state index contributed by atoms with van der Waals surface area (Å²) in [6.45, 7) is 18.1. The molecule has 6 aromatic rings. The second kappa shape index (κ2) is 32.6. The number of hydrogen-bond donors (Lipinski definition) is 5. The Morgan fingerprint density at radius 1 is 0.830 bits per heavy atom. The van der Waals surface area contributed by atoms with Gasteiger partial charge in [0.2, 0.25) is 17.8 Å². The van der Waals surface area contributed by atoms with Gasteiger partial charge in [0.25, 0.3) is 24.3 Å². The van der Waals surface area contributed by atoms with Crippen molar-refractivity contribution in [3.63, 3.8) is 0 Å². The number of nitrogens with one attached hydrogen (secondary N) is 1. The van der Waals surface area contributed by atoms with E-state index in [4.69, 9.17) is 30.6 Å². The maximum Gasteiger partial charge on any atom is 0.293 e. The molecule has 1 aliphatic carbocycles. The predicted molar refractivity (Wildman–Crippen MR) is 357 cm³/mol. The standard InChI is InChI=1S/C67H94N18O9/c1-43(2)31-45(4)54(34-56(88)46(5)32-44(3)8-15-53(92-42-86)16-11-47-9-13-52(87)14-10-47)79-93-40-58(89)70-35-48-36-71-66(72-37-48)84-29-27-81(28-30-84)59(90)7-6-20-80-23-25-83(26-24-80)67-73-38-50(39-74-67)64(91)82-21-18-51(19-22-82)85-63-60(62(68)75-41-76-63)61(78-85)49-12-17-57-55(33-49)77-65(69)94-57/h12,17,32-33,36-39,41-45,47,51-53,56,87-88H,6-11,13-16,18-31,34-35,40H2,1-5H3,(H2,69,77)(H,70,89)(H2,68,75,76)/b46-32+,79-54-/t44-,45+,47-,52-,53-,56-/m0/s1. The van der Waals surface area contributed by atoms with Gasteiger partial charge in [-0.15, -0.1) is 0 Å². The summed E-state index contributed by atoms with van der Waals surface area (Å²) in [5.74, 6) is 2.27. The molecule has 3 aliphatic heterocycles. The van der Waals surface area contributed by atoms with Gasteiger partial charge in [0, 0.05) is 121 Å². The Morgan fingerprint density at radius 2 is 1.52 bits per heavy atom. The summed E-state index contributed by atoms with van der Waals surface area (Å²) in [5, 5.41) is 34.1. The Bertz CT molecular complexity index is 3530. The third-order valence-electron chi connectivity index (χ3n) is 18.9. The van der Waals surface area contributed by atoms with Crippen LogP contribution in [0.5, 0.6) is 0 Å². The number of likely N-dealkylation sites (tertiary alicyclic amines) is 1. The molecule has 10 rings (SSSR count). The minimum atomic E-state index is -0.783. The van der Waals surface area contributed by atoms with Crippen LogP contribution in [0.1, 0.15) is 146 Å². The van der Waals surface area contributed by atoms with Crippen molar-refractivity contribution in [1.82, 2.24) is 64.7 Å². The number of piperidine rings is 1. The number of carbonyl (C=O) groups excluding carboxylic acids is 4. The van der Waals surface area contributed by atoms with Crippen LogP contribution >= 0.6 is 0 Å². The number of amides is 3. The first-order chi connectivity index (χ1) is 45.4. The van der Waals surface area contributed by atoms with E-state index >= 15 is 0 Å². The molecule has 3 saturated heterocycles. The van der Waals surface area contributed by atoms with Gasteiger partial charge in [-0.05, 0) is 138 Å². The molecule has 8 heterocycles. The summed E-state index contributed by atoms with van der Waals surface area (Å²) in [6, 6.07) is 5.60. The molecule has 4 aliphatic rings. The molecular formula is C67H94N18O9. The van der Waals surface area contributed by atoms with E-state index in [9.17, 15) is 29.4 Å². The first kappa shape index (κ1) is 68.4. The number of aromatic nitrogens is 9. The summed E-state index contributed by atoms with van der Waals surface area (Å²) in [5.41, 5.74) is 18.1. The van der Waals surface area contributed by atoms with Gasteiger partial charge < -0.3 is 60.6 Å². The number of rotatable bonds is 29. The van der Waals surface area contributed by atoms with Gasteiger partial charge in [-0.1, -0.05) is 38.9 Å². The highest BCUT2D eigenvalue weighted by molar-refractivity contribution is 5.99. The van der Waals surface area contributed by atoms with E-state index in [1.54, 1.807) is 30.9 Å². The lowest BCUT2D eigenvalue weighted by Gasteiger charge is -2.36. The topological polar surface area (TPSA) is 341 Å². The number of ether oxygens (including phenoxy) is 1. The van der Waals surface area contributed by atoms with Crippen LogP contribution in [-0.2, 0) is 30.5 Å². The maximum atomic E-state index is 13.7. The number of fused-ring (bicyclic) bond motifs is 2. The van der Waals surface area contributed by atoms with Gasteiger partial charge in [-0.25, -0.2) is 34.6 Å². The van der Waals surface area contributed by atoms with Crippen LogP contribution in [0.25, 0.3) is 33.4 Å². The summed E-state index contributed by atoms with van der Waals surface area (Å²) >= 11 is 0. The summed E-state index contributed by atoms with van der Waals surface area (Å²) in [7, 11) is 0. The highest BCUT2D eigenvalue weighted by atomic mass is 16.6. The van der Waals surface area contributed by atoms with Crippen molar-refractivity contribution in [3.8, 4) is 11.3 Å². The molecule has 27 heteroatoms. The fourth-order valence-electron chi connectivity index (χ4n) is 13.4. The molecule has 27 nitrogen and oxygen atoms in total. The van der Waals surface area contributed by atoms with Crippen LogP contribution in [0.3, 0.4) is 0 Å². The molecule has 4 atom stereocenters. The Hall–Kier alpha value is -8.43. The average molecular weight is 1300 g/mol. The number of oxime groups is 1. The third kappa shape index (κ3) is 18.3. The second-order valence-corrected chi connectivity index (χ2v) is 26.4. The zero-order valence-corrected chi connectivity index (χ0v) is 55.1. The lowest BCUT2D eigenvalue weighted by molar-refractivity contribution is -0.134. The van der Waals surface area contributed by atoms with Crippen molar-refractivity contribution in [2.75, 3.05) is 99.9 Å². The first-order valence-corrected chi connectivity index (χ1v) is 33.6. The summed E-state index contributed by atoms with van der Waals surface area (Å²) < 4.78 is 12.8. The van der Waals surface area contributed by atoms with Crippen molar-refractivity contribution in [2.45, 2.75) is 155 Å². The molecule has 0 bridgehead atoms. The normalized spacial score (nSPS) is 19.4. The van der Waals surface area contributed by atoms with Gasteiger partial charge in [0.05, 0.1) is 34.9 Å². The molecule has 0 spiro atoms. The van der Waals surface area contributed by atoms with E-state index in [1.807, 2.05) is 33.5 Å². The van der Waals surface area contributed by atoms with E-state index in [0.29, 0.717) is 134 Å². The van der Waals surface area contributed by atoms with Gasteiger partial charge in [-0.3, -0.25) is 24.1 Å². The number of benzene rings is 1. The van der Waals surface area contributed by atoms with Crippen LogP contribution < -0.4 is 26.6 Å². The third-order valence-corrected chi connectivity index (χ3v) is 18.9. The number of nitrogens with zero attached hydrogens (tertiary/aromatic N) is 15. The molecule has 0 unspecified atom stereocenters. The van der Waals surface area contributed by atoms with E-state index in [-0.39, 0.29) is 73.4 Å². The van der Waals surface area contributed by atoms with E-state index in [2.05, 4.69) is 93.8 Å². The Morgan fingerprint density at radius 3 is 2.21 bits per heavy atom. The number of nitrogens with two attached hydrogens (primary N) is 2. The number of nitrogen functional groups attached to an aromatic ring is 2. The van der Waals surface area contributed by atoms with E-state index in [1.165, 1.54) is 6.33 Å². The van der Waals surface area contributed by atoms with Gasteiger partial charge in [0.1, 0.15) is 29.5 Å². The summed E-state index contributed by atoms with van der Waals surface area (Å²) in [6.07, 6.45) is 19.7. The van der Waals surface area contributed by atoms with E-state index in [0.717, 1.165) is 114 Å². The molecule has 1 saturated carbocycles. The molecule has 506 valence electrons. The largest absolute Gasteiger partial charge is 0.465 e. The zero-order valence-electron chi connectivity index (χ0n) is 55.1. The monoisotopic (exact) mass is 1290 g/mol. The van der Waals surface area contributed by atoms with Crippen LogP contribution in [0.15, 0.2) is 70.5 Å². The lowest BCUT2D eigenvalue weighted by atomic mass is 9.83. The molecule has 4 fully saturated rings. The lowest BCUT2D eigenvalue weighted by Crippen LogP contribution is -2.49. The predicted octanol–water partition coefficient (Wildman–Crippen LogP) is 6.76. The first-order valence-electron chi connectivity index (χ1n) is 33.6. The second-order valence-electron chi connectivity index (χ2n) is 26.4. The van der Waals surface area contributed by atoms with Crippen LogP contribution in [-0.4, -0.2) is 196 Å². The fraction of sp³-hybridized carbons (Fsp3) is 0.597. The number of anilines is 4. The Balaban J connectivity index is 0.592. The molecule has 7 N–H and O–H groups in total. The van der Waals surface area contributed by atoms with Crippen LogP contribution in [0, 0.1) is 23.7 Å². The van der Waals surface area contributed by atoms with Crippen LogP contribution in [0.2, 0.25) is 0 Å². The van der Waals surface area contributed by atoms with E-state index < -0.39 is 6.10 Å². The summed E-state index contributed by atoms with van der Waals surface area (Å²) in [4.78, 5) is 98.8. The SMILES string of the molecule is C/C(=C\[C@@H](C)CC[C@@H](CC[C@H]1CC[C@H](O)CC1)OC=O)[C@@H](O)C/C(=N/OCC(=O)NCc1cnc(N2CCN(C(=O)CCCN3CCN(c4ncc(C(=O)N5CCC(n6nc(-c7ccc8oc(N)nc8c7)c7c(N)ncnc76)CC5)cn4)CC3)CC2)nc1)[C@H](C)CC(C)C. The molecule has 0 radical (unpaired) electrons. The fourth-order valence-corrected chi connectivity index (χ4v) is 13.4. The smallest absolute Gasteiger partial charge is 0.293 e. The quantitative estimate of drug-likeness (QED) is 0.0140. The average Bonchev–Trinajstić information content (AvgIpc) is 1.61. The molecule has 94 heavy (non-hydrogen) atoms. The highest BCUT2D eigenvalue weighted by Crippen LogP contribution is 2.36. The number of aliphatic hydroxyl groups is 2. The van der Waals surface area contributed by atoms with Crippen molar-refractivity contribution in [1.29, 1.82) is 0 Å². The number of carbonyl (C=O) groups is 4. The minimum absolute atomic E-state index is 0.0205. The zero-order chi connectivity index (χ0) is 66.3. The Labute approximate surface area is 549 Å². The van der Waals surface area contributed by atoms with Crippen molar-refractivity contribution in [2.24, 2.45) is 28.8 Å². The van der Waals surface area contributed by atoms with Gasteiger partial charge in [0.15, 0.2) is 17.8 Å². The van der Waals surface area contributed by atoms with Crippen molar-refractivity contribution < 1.29 is 43.4 Å². The van der Waals surface area contributed by atoms with Crippen molar-refractivity contribution >= 4 is 75.8 Å². The number of oxazole rings is 1. The number of aliphatic hydroxyl groups excluding tert-OH is 2. The minimum Gasteiger partial charge on any atom is -0.465 e. The van der Waals surface area contributed by atoms with Gasteiger partial charge in [-0.2, -0.15) is 10.1 Å². The highest BCUT2D eigenvalue weighted by Gasteiger charge is 2.31. The molecule has 1 aromatic carbocycles. The van der Waals surface area contributed by atoms with Gasteiger partial charge >= 0.3 is 0 Å². The number of piperazine rings is 2. The molecule has 3 amide bonds. The maximum absolute atomic E-state index is 13.7. The molecular weight excluding hydrogens is 1200 g/mol. The number of hydrogen-bond acceptors (Lipinski definition) is 23. The Kier molecular flexibility index (Phi) is 23.7.